The zero-order valence-corrected chi connectivity index (χ0v) is 14.7. The Hall–Kier alpha value is -3.26. The predicted molar refractivity (Wildman–Crippen MR) is 99.4 cm³/mol. The molecule has 3 aromatic rings. The highest BCUT2D eigenvalue weighted by molar-refractivity contribution is 7.07. The summed E-state index contributed by atoms with van der Waals surface area (Å²) < 4.78 is 0. The van der Waals surface area contributed by atoms with Crippen LogP contribution < -0.4 is 15.5 Å². The van der Waals surface area contributed by atoms with Gasteiger partial charge < -0.3 is 15.5 Å². The van der Waals surface area contributed by atoms with E-state index < -0.39 is 6.17 Å². The molecule has 0 bridgehead atoms. The van der Waals surface area contributed by atoms with Gasteiger partial charge in [-0.2, -0.15) is 0 Å². The van der Waals surface area contributed by atoms with E-state index in [0.29, 0.717) is 22.8 Å². The number of carbonyl (C=O) groups excluding carboxylic acids is 2. The minimum absolute atomic E-state index is 0.197. The summed E-state index contributed by atoms with van der Waals surface area (Å²) in [7, 11) is 1.86. The molecule has 0 saturated carbocycles. The average Bonchev–Trinajstić information content (AvgIpc) is 3.20. The fourth-order valence-corrected chi connectivity index (χ4v) is 3.46. The van der Waals surface area contributed by atoms with Crippen molar-refractivity contribution in [3.8, 4) is 0 Å². The van der Waals surface area contributed by atoms with Crippen LogP contribution in [-0.2, 0) is 0 Å². The molecule has 4 rings (SSSR count). The first kappa shape index (κ1) is 16.2. The van der Waals surface area contributed by atoms with Gasteiger partial charge in [-0.05, 0) is 18.2 Å². The third-order valence-corrected chi connectivity index (χ3v) is 4.78. The lowest BCUT2D eigenvalue weighted by Crippen LogP contribution is -2.45. The van der Waals surface area contributed by atoms with Gasteiger partial charge in [0, 0.05) is 29.9 Å². The van der Waals surface area contributed by atoms with Gasteiger partial charge in [-0.25, -0.2) is 9.97 Å². The molecule has 1 aliphatic rings. The summed E-state index contributed by atoms with van der Waals surface area (Å²) in [5.41, 5.74) is 3.87. The number of rotatable bonds is 3. The predicted octanol–water partition coefficient (Wildman–Crippen LogP) is 2.67. The number of pyridine rings is 1. The highest BCUT2D eigenvalue weighted by Gasteiger charge is 2.31. The topological polar surface area (TPSA) is 87.2 Å². The van der Waals surface area contributed by atoms with Gasteiger partial charge in [0.1, 0.15) is 17.7 Å². The number of aromatic nitrogens is 2. The van der Waals surface area contributed by atoms with Gasteiger partial charge in [-0.15, -0.1) is 11.3 Å². The molecule has 2 amide bonds. The Kier molecular flexibility index (Phi) is 4.10. The van der Waals surface area contributed by atoms with E-state index in [-0.39, 0.29) is 11.8 Å². The molecule has 130 valence electrons. The van der Waals surface area contributed by atoms with E-state index in [4.69, 9.17) is 0 Å². The highest BCUT2D eigenvalue weighted by Crippen LogP contribution is 2.33. The number of thiazole rings is 1. The molecule has 2 N–H and O–H groups in total. The van der Waals surface area contributed by atoms with Crippen LogP contribution in [0.3, 0.4) is 0 Å². The zero-order valence-electron chi connectivity index (χ0n) is 13.8. The molecule has 0 aliphatic carbocycles. The summed E-state index contributed by atoms with van der Waals surface area (Å²) in [5, 5.41) is 7.53. The van der Waals surface area contributed by atoms with Crippen LogP contribution in [0, 0.1) is 0 Å². The van der Waals surface area contributed by atoms with E-state index in [9.17, 15) is 9.59 Å². The first-order valence-electron chi connectivity index (χ1n) is 7.92. The van der Waals surface area contributed by atoms with Crippen LogP contribution in [-0.4, -0.2) is 28.8 Å². The number of anilines is 2. The number of nitrogens with one attached hydrogen (secondary N) is 2. The molecular formula is C18H15N5O2S. The maximum Gasteiger partial charge on any atom is 0.275 e. The first-order chi connectivity index (χ1) is 12.6. The Morgan fingerprint density at radius 1 is 1.23 bits per heavy atom. The van der Waals surface area contributed by atoms with Crippen LogP contribution in [0.25, 0.3) is 0 Å². The minimum Gasteiger partial charge on any atom is -0.335 e. The number of hydrogen-bond donors (Lipinski definition) is 2. The van der Waals surface area contributed by atoms with E-state index in [1.54, 1.807) is 35.3 Å². The molecule has 0 radical (unpaired) electrons. The van der Waals surface area contributed by atoms with Crippen molar-refractivity contribution in [3.05, 3.63) is 70.3 Å². The Morgan fingerprint density at radius 3 is 2.88 bits per heavy atom. The van der Waals surface area contributed by atoms with Crippen molar-refractivity contribution >= 4 is 34.7 Å². The van der Waals surface area contributed by atoms with Gasteiger partial charge >= 0.3 is 0 Å². The maximum atomic E-state index is 12.5. The molecule has 1 aliphatic heterocycles. The Balaban J connectivity index is 1.69. The Morgan fingerprint density at radius 2 is 2.08 bits per heavy atom. The molecule has 26 heavy (non-hydrogen) atoms. The molecule has 1 atom stereocenters. The zero-order chi connectivity index (χ0) is 18.1. The van der Waals surface area contributed by atoms with Gasteiger partial charge in [-0.1, -0.05) is 18.2 Å². The SMILES string of the molecule is CN1c2ncccc2C(=O)NC1c1ccccc1NC(=O)c1cscn1. The summed E-state index contributed by atoms with van der Waals surface area (Å²) in [6.45, 7) is 0. The number of para-hydroxylation sites is 1. The summed E-state index contributed by atoms with van der Waals surface area (Å²) in [5.74, 6) is 0.112. The van der Waals surface area contributed by atoms with E-state index >= 15 is 0 Å². The number of benzene rings is 1. The van der Waals surface area contributed by atoms with Crippen molar-refractivity contribution in [2.75, 3.05) is 17.3 Å². The molecule has 0 spiro atoms. The van der Waals surface area contributed by atoms with Gasteiger partial charge in [0.25, 0.3) is 11.8 Å². The third kappa shape index (κ3) is 2.80. The first-order valence-corrected chi connectivity index (χ1v) is 8.86. The number of amides is 2. The summed E-state index contributed by atoms with van der Waals surface area (Å²) in [6, 6.07) is 10.8. The summed E-state index contributed by atoms with van der Waals surface area (Å²) in [6.07, 6.45) is 1.21. The molecule has 8 heteroatoms. The molecule has 3 heterocycles. The second-order valence-corrected chi connectivity index (χ2v) is 6.50. The van der Waals surface area contributed by atoms with E-state index in [0.717, 1.165) is 5.56 Å². The van der Waals surface area contributed by atoms with Crippen LogP contribution >= 0.6 is 11.3 Å². The standard InChI is InChI=1S/C18H15N5O2S/c1-23-15-12(6-4-8-19-15)17(24)22-16(23)11-5-2-3-7-13(11)21-18(25)14-9-26-10-20-14/h2-10,16H,1H3,(H,21,25)(H,22,24). The van der Waals surface area contributed by atoms with Crippen LogP contribution in [0.1, 0.15) is 32.6 Å². The second-order valence-electron chi connectivity index (χ2n) is 5.78. The molecule has 2 aromatic heterocycles. The molecule has 1 aromatic carbocycles. The average molecular weight is 365 g/mol. The number of carbonyl (C=O) groups is 2. The second kappa shape index (κ2) is 6.57. The Labute approximate surface area is 153 Å². The fourth-order valence-electron chi connectivity index (χ4n) is 2.92. The lowest BCUT2D eigenvalue weighted by Gasteiger charge is -2.36. The van der Waals surface area contributed by atoms with Crippen molar-refractivity contribution in [3.63, 3.8) is 0 Å². The quantitative estimate of drug-likeness (QED) is 0.745. The fraction of sp³-hybridized carbons (Fsp3) is 0.111. The van der Waals surface area contributed by atoms with Crippen molar-refractivity contribution in [2.24, 2.45) is 0 Å². The lowest BCUT2D eigenvalue weighted by atomic mass is 10.0. The molecule has 1 unspecified atom stereocenters. The largest absolute Gasteiger partial charge is 0.335 e. The number of fused-ring (bicyclic) bond motifs is 1. The number of nitrogens with zero attached hydrogens (tertiary/aromatic N) is 3. The van der Waals surface area contributed by atoms with Crippen LogP contribution in [0.5, 0.6) is 0 Å². The van der Waals surface area contributed by atoms with Crippen LogP contribution in [0.4, 0.5) is 11.5 Å². The van der Waals surface area contributed by atoms with Gasteiger partial charge in [0.05, 0.1) is 11.1 Å². The molecular weight excluding hydrogens is 350 g/mol. The lowest BCUT2D eigenvalue weighted by molar-refractivity contribution is 0.0927. The van der Waals surface area contributed by atoms with Crippen LogP contribution in [0.2, 0.25) is 0 Å². The van der Waals surface area contributed by atoms with E-state index in [1.165, 1.54) is 11.3 Å². The monoisotopic (exact) mass is 365 g/mol. The van der Waals surface area contributed by atoms with Crippen molar-refractivity contribution in [1.82, 2.24) is 15.3 Å². The third-order valence-electron chi connectivity index (χ3n) is 4.19. The highest BCUT2D eigenvalue weighted by atomic mass is 32.1. The van der Waals surface area contributed by atoms with Crippen molar-refractivity contribution < 1.29 is 9.59 Å². The van der Waals surface area contributed by atoms with Gasteiger partial charge in [-0.3, -0.25) is 9.59 Å². The molecule has 0 saturated heterocycles. The molecule has 0 fully saturated rings. The normalized spacial score (nSPS) is 16.0. The van der Waals surface area contributed by atoms with Crippen molar-refractivity contribution in [1.29, 1.82) is 0 Å². The minimum atomic E-state index is -0.447. The maximum absolute atomic E-state index is 12.5. The summed E-state index contributed by atoms with van der Waals surface area (Å²) in [4.78, 5) is 35.1. The van der Waals surface area contributed by atoms with Crippen molar-refractivity contribution in [2.45, 2.75) is 6.17 Å². The number of hydrogen-bond acceptors (Lipinski definition) is 6. The van der Waals surface area contributed by atoms with E-state index in [2.05, 4.69) is 20.6 Å². The molecule has 7 nitrogen and oxygen atoms in total. The van der Waals surface area contributed by atoms with Gasteiger partial charge in [0.15, 0.2) is 0 Å². The Bertz CT molecular complexity index is 973. The summed E-state index contributed by atoms with van der Waals surface area (Å²) >= 11 is 1.36. The smallest absolute Gasteiger partial charge is 0.275 e. The van der Waals surface area contributed by atoms with E-state index in [1.807, 2.05) is 30.1 Å². The van der Waals surface area contributed by atoms with Gasteiger partial charge in [0.2, 0.25) is 0 Å². The van der Waals surface area contributed by atoms with Crippen LogP contribution in [0.15, 0.2) is 53.5 Å².